The second-order valence-corrected chi connectivity index (χ2v) is 6.22. The highest BCUT2D eigenvalue weighted by Gasteiger charge is 2.20. The number of carbonyl (C=O) groups excluding carboxylic acids is 1. The Labute approximate surface area is 130 Å². The van der Waals surface area contributed by atoms with Crippen LogP contribution in [0.15, 0.2) is 29.4 Å². The van der Waals surface area contributed by atoms with Crippen molar-refractivity contribution >= 4 is 17.7 Å². The lowest BCUT2D eigenvalue weighted by Crippen LogP contribution is -2.45. The molecule has 1 aromatic rings. The molecule has 5 nitrogen and oxygen atoms in total. The van der Waals surface area contributed by atoms with Crippen molar-refractivity contribution in [2.24, 2.45) is 0 Å². The van der Waals surface area contributed by atoms with Gasteiger partial charge >= 0.3 is 0 Å². The Kier molecular flexibility index (Phi) is 6.99. The molecule has 1 N–H and O–H groups in total. The number of amides is 1. The first-order chi connectivity index (χ1) is 10.3. The molecule has 0 bridgehead atoms. The summed E-state index contributed by atoms with van der Waals surface area (Å²) in [5.74, 6) is 0.0963. The number of hydrogen-bond acceptors (Lipinski definition) is 5. The number of carbonyl (C=O) groups is 1. The van der Waals surface area contributed by atoms with Gasteiger partial charge in [-0.05, 0) is 18.6 Å². The summed E-state index contributed by atoms with van der Waals surface area (Å²) < 4.78 is 5.30. The van der Waals surface area contributed by atoms with Crippen LogP contribution in [0.4, 0.5) is 0 Å². The van der Waals surface area contributed by atoms with Crippen LogP contribution in [0.1, 0.15) is 19.8 Å². The standard InChI is InChI=1S/C15H23N3O2S/c1-2-5-13(21-14-6-3-4-7-16-14)15(19)17-12-18-8-10-20-11-9-18/h3-4,6-7,13H,2,5,8-12H2,1H3,(H,17,19). The lowest BCUT2D eigenvalue weighted by molar-refractivity contribution is -0.121. The number of aromatic nitrogens is 1. The van der Waals surface area contributed by atoms with Crippen molar-refractivity contribution in [2.75, 3.05) is 33.0 Å². The van der Waals surface area contributed by atoms with Gasteiger partial charge in [0, 0.05) is 19.3 Å². The zero-order chi connectivity index (χ0) is 14.9. The minimum Gasteiger partial charge on any atom is -0.379 e. The Bertz CT molecular complexity index is 424. The van der Waals surface area contributed by atoms with Gasteiger partial charge in [-0.3, -0.25) is 9.69 Å². The summed E-state index contributed by atoms with van der Waals surface area (Å²) in [5.41, 5.74) is 0. The van der Waals surface area contributed by atoms with Crippen molar-refractivity contribution < 1.29 is 9.53 Å². The van der Waals surface area contributed by atoms with Crippen LogP contribution < -0.4 is 5.32 Å². The Balaban J connectivity index is 1.83. The van der Waals surface area contributed by atoms with Crippen molar-refractivity contribution in [1.29, 1.82) is 0 Å². The molecule has 1 amide bonds. The zero-order valence-electron chi connectivity index (χ0n) is 12.5. The van der Waals surface area contributed by atoms with E-state index in [-0.39, 0.29) is 11.2 Å². The quantitative estimate of drug-likeness (QED) is 0.778. The molecule has 1 aliphatic rings. The highest BCUT2D eigenvalue weighted by molar-refractivity contribution is 8.00. The third-order valence-corrected chi connectivity index (χ3v) is 4.54. The molecule has 1 unspecified atom stereocenters. The number of rotatable bonds is 7. The molecule has 1 aromatic heterocycles. The van der Waals surface area contributed by atoms with Gasteiger partial charge in [0.15, 0.2) is 0 Å². The second-order valence-electron chi connectivity index (χ2n) is 4.99. The summed E-state index contributed by atoms with van der Waals surface area (Å²) in [6, 6.07) is 5.78. The maximum Gasteiger partial charge on any atom is 0.234 e. The first-order valence-electron chi connectivity index (χ1n) is 7.45. The van der Waals surface area contributed by atoms with Crippen molar-refractivity contribution in [2.45, 2.75) is 30.0 Å². The maximum absolute atomic E-state index is 12.4. The van der Waals surface area contributed by atoms with E-state index in [2.05, 4.69) is 22.1 Å². The third-order valence-electron chi connectivity index (χ3n) is 3.32. The van der Waals surface area contributed by atoms with E-state index < -0.39 is 0 Å². The van der Waals surface area contributed by atoms with E-state index in [4.69, 9.17) is 4.74 Å². The number of hydrogen-bond donors (Lipinski definition) is 1. The monoisotopic (exact) mass is 309 g/mol. The normalized spacial score (nSPS) is 17.4. The molecule has 6 heteroatoms. The molecular weight excluding hydrogens is 286 g/mol. The molecule has 0 radical (unpaired) electrons. The Morgan fingerprint density at radius 2 is 2.29 bits per heavy atom. The van der Waals surface area contributed by atoms with Crippen LogP contribution in [-0.4, -0.2) is 54.0 Å². The molecule has 116 valence electrons. The van der Waals surface area contributed by atoms with Crippen LogP contribution >= 0.6 is 11.8 Å². The number of thioether (sulfide) groups is 1. The second kappa shape index (κ2) is 9.02. The molecule has 0 spiro atoms. The van der Waals surface area contributed by atoms with Gasteiger partial charge in [-0.1, -0.05) is 31.2 Å². The topological polar surface area (TPSA) is 54.5 Å². The van der Waals surface area contributed by atoms with Crippen LogP contribution in [0, 0.1) is 0 Å². The fourth-order valence-electron chi connectivity index (χ4n) is 2.13. The molecule has 2 heterocycles. The Morgan fingerprint density at radius 1 is 1.48 bits per heavy atom. The summed E-state index contributed by atoms with van der Waals surface area (Å²) in [7, 11) is 0. The first-order valence-corrected chi connectivity index (χ1v) is 8.33. The average molecular weight is 309 g/mol. The molecule has 1 atom stereocenters. The highest BCUT2D eigenvalue weighted by atomic mass is 32.2. The summed E-state index contributed by atoms with van der Waals surface area (Å²) in [5, 5.41) is 3.86. The number of morpholine rings is 1. The fraction of sp³-hybridized carbons (Fsp3) is 0.600. The summed E-state index contributed by atoms with van der Waals surface area (Å²) in [4.78, 5) is 18.9. The molecule has 1 aliphatic heterocycles. The Morgan fingerprint density at radius 3 is 2.95 bits per heavy atom. The van der Waals surface area contributed by atoms with Crippen LogP contribution in [-0.2, 0) is 9.53 Å². The molecule has 1 fully saturated rings. The predicted molar refractivity (Wildman–Crippen MR) is 84.2 cm³/mol. The largest absolute Gasteiger partial charge is 0.379 e. The van der Waals surface area contributed by atoms with Crippen LogP contribution in [0.25, 0.3) is 0 Å². The van der Waals surface area contributed by atoms with E-state index >= 15 is 0 Å². The minimum atomic E-state index is -0.0778. The first kappa shape index (κ1) is 16.3. The molecule has 1 saturated heterocycles. The van der Waals surface area contributed by atoms with Crippen LogP contribution in [0.2, 0.25) is 0 Å². The average Bonchev–Trinajstić information content (AvgIpc) is 2.54. The maximum atomic E-state index is 12.4. The smallest absolute Gasteiger partial charge is 0.234 e. The van der Waals surface area contributed by atoms with Gasteiger partial charge < -0.3 is 10.1 Å². The lowest BCUT2D eigenvalue weighted by Gasteiger charge is -2.27. The minimum absolute atomic E-state index is 0.0778. The van der Waals surface area contributed by atoms with Crippen LogP contribution in [0.5, 0.6) is 0 Å². The van der Waals surface area contributed by atoms with Crippen molar-refractivity contribution in [3.63, 3.8) is 0 Å². The zero-order valence-corrected chi connectivity index (χ0v) is 13.3. The fourth-order valence-corrected chi connectivity index (χ4v) is 3.25. The SMILES string of the molecule is CCCC(Sc1ccccn1)C(=O)NCN1CCOCC1. The van der Waals surface area contributed by atoms with E-state index in [9.17, 15) is 4.79 Å². The van der Waals surface area contributed by atoms with Gasteiger partial charge in [0.05, 0.1) is 30.2 Å². The van der Waals surface area contributed by atoms with Crippen molar-refractivity contribution in [3.8, 4) is 0 Å². The van der Waals surface area contributed by atoms with E-state index in [1.165, 1.54) is 0 Å². The molecular formula is C15H23N3O2S. The Hall–Kier alpha value is -1.11. The molecule has 21 heavy (non-hydrogen) atoms. The van der Waals surface area contributed by atoms with Gasteiger partial charge in [0.2, 0.25) is 5.91 Å². The van der Waals surface area contributed by atoms with Crippen molar-refractivity contribution in [3.05, 3.63) is 24.4 Å². The lowest BCUT2D eigenvalue weighted by atomic mass is 10.2. The van der Waals surface area contributed by atoms with Gasteiger partial charge in [-0.15, -0.1) is 0 Å². The van der Waals surface area contributed by atoms with Gasteiger partial charge in [0.1, 0.15) is 0 Å². The molecule has 0 aromatic carbocycles. The third kappa shape index (κ3) is 5.65. The number of pyridine rings is 1. The summed E-state index contributed by atoms with van der Waals surface area (Å²) in [6.07, 6.45) is 3.60. The number of nitrogens with one attached hydrogen (secondary N) is 1. The summed E-state index contributed by atoms with van der Waals surface area (Å²) >= 11 is 1.54. The number of nitrogens with zero attached hydrogens (tertiary/aromatic N) is 2. The predicted octanol–water partition coefficient (Wildman–Crippen LogP) is 1.75. The highest BCUT2D eigenvalue weighted by Crippen LogP contribution is 2.24. The molecule has 0 aliphatic carbocycles. The van der Waals surface area contributed by atoms with E-state index in [0.29, 0.717) is 6.67 Å². The number of ether oxygens (including phenoxy) is 1. The molecule has 2 rings (SSSR count). The van der Waals surface area contributed by atoms with Gasteiger partial charge in [-0.2, -0.15) is 0 Å². The molecule has 0 saturated carbocycles. The van der Waals surface area contributed by atoms with Crippen LogP contribution in [0.3, 0.4) is 0 Å². The summed E-state index contributed by atoms with van der Waals surface area (Å²) in [6.45, 7) is 5.96. The van der Waals surface area contributed by atoms with Crippen molar-refractivity contribution in [1.82, 2.24) is 15.2 Å². The van der Waals surface area contributed by atoms with E-state index in [1.807, 2.05) is 18.2 Å². The van der Waals surface area contributed by atoms with E-state index in [1.54, 1.807) is 18.0 Å². The van der Waals surface area contributed by atoms with Gasteiger partial charge in [0.25, 0.3) is 0 Å². The van der Waals surface area contributed by atoms with E-state index in [0.717, 1.165) is 44.2 Å². The van der Waals surface area contributed by atoms with Gasteiger partial charge in [-0.25, -0.2) is 4.98 Å².